The quantitative estimate of drug-likeness (QED) is 0.822. The molecule has 3 nitrogen and oxygen atoms in total. The van der Waals surface area contributed by atoms with Crippen molar-refractivity contribution < 1.29 is 5.11 Å². The number of rotatable bonds is 3. The van der Waals surface area contributed by atoms with Crippen molar-refractivity contribution in [2.75, 3.05) is 0 Å². The zero-order valence-corrected chi connectivity index (χ0v) is 9.82. The highest BCUT2D eigenvalue weighted by Gasteiger charge is 2.20. The highest BCUT2D eigenvalue weighted by atomic mass is 16.3. The molecular formula is C13H20N2O. The molecule has 0 radical (unpaired) electrons. The van der Waals surface area contributed by atoms with Gasteiger partial charge in [-0.2, -0.15) is 0 Å². The van der Waals surface area contributed by atoms with Crippen molar-refractivity contribution in [3.8, 4) is 5.75 Å². The smallest absolute Gasteiger partial charge is 0.133 e. The number of hydrogen-bond donors (Lipinski definition) is 2. The monoisotopic (exact) mass is 220 g/mol. The standard InChI is InChI=1S/C13H20N2O/c1-10-4-2-3-5-13(10)15-8-11-6-7-12(16)9-14-11/h6-7,9-10,13,15-16H,2-5,8H2,1H3. The van der Waals surface area contributed by atoms with E-state index in [-0.39, 0.29) is 5.75 Å². The summed E-state index contributed by atoms with van der Waals surface area (Å²) >= 11 is 0. The van der Waals surface area contributed by atoms with Gasteiger partial charge < -0.3 is 10.4 Å². The maximum absolute atomic E-state index is 9.13. The van der Waals surface area contributed by atoms with Gasteiger partial charge in [-0.1, -0.05) is 19.8 Å². The lowest BCUT2D eigenvalue weighted by Gasteiger charge is -2.29. The first kappa shape index (κ1) is 11.4. The van der Waals surface area contributed by atoms with Crippen molar-refractivity contribution >= 4 is 0 Å². The van der Waals surface area contributed by atoms with Crippen LogP contribution in [0.1, 0.15) is 38.3 Å². The molecule has 1 heterocycles. The Morgan fingerprint density at radius 1 is 1.38 bits per heavy atom. The van der Waals surface area contributed by atoms with E-state index in [1.807, 2.05) is 6.07 Å². The summed E-state index contributed by atoms with van der Waals surface area (Å²) in [6.07, 6.45) is 6.82. The minimum absolute atomic E-state index is 0.231. The second-order valence-corrected chi connectivity index (χ2v) is 4.76. The lowest BCUT2D eigenvalue weighted by Crippen LogP contribution is -2.36. The Hall–Kier alpha value is -1.09. The average Bonchev–Trinajstić information content (AvgIpc) is 2.30. The van der Waals surface area contributed by atoms with Crippen LogP contribution in [0.4, 0.5) is 0 Å². The predicted molar refractivity (Wildman–Crippen MR) is 64.2 cm³/mol. The molecule has 2 atom stereocenters. The van der Waals surface area contributed by atoms with Crippen LogP contribution >= 0.6 is 0 Å². The van der Waals surface area contributed by atoms with E-state index in [1.54, 1.807) is 6.07 Å². The molecule has 0 bridgehead atoms. The first-order valence-electron chi connectivity index (χ1n) is 6.13. The van der Waals surface area contributed by atoms with E-state index in [2.05, 4.69) is 17.2 Å². The molecule has 2 rings (SSSR count). The van der Waals surface area contributed by atoms with Crippen LogP contribution in [0.5, 0.6) is 5.75 Å². The topological polar surface area (TPSA) is 45.1 Å². The highest BCUT2D eigenvalue weighted by molar-refractivity contribution is 5.17. The van der Waals surface area contributed by atoms with Crippen LogP contribution < -0.4 is 5.32 Å². The second kappa shape index (κ2) is 5.30. The fourth-order valence-electron chi connectivity index (χ4n) is 2.38. The maximum Gasteiger partial charge on any atom is 0.133 e. The van der Waals surface area contributed by atoms with Gasteiger partial charge in [-0.25, -0.2) is 0 Å². The lowest BCUT2D eigenvalue weighted by atomic mass is 9.86. The normalized spacial score (nSPS) is 25.6. The number of pyridine rings is 1. The number of aromatic hydroxyl groups is 1. The molecule has 0 saturated heterocycles. The Labute approximate surface area is 96.9 Å². The van der Waals surface area contributed by atoms with Gasteiger partial charge in [-0.15, -0.1) is 0 Å². The summed E-state index contributed by atoms with van der Waals surface area (Å²) in [7, 11) is 0. The SMILES string of the molecule is CC1CCCCC1NCc1ccc(O)cn1. The molecule has 0 amide bonds. The third kappa shape index (κ3) is 2.95. The maximum atomic E-state index is 9.13. The van der Waals surface area contributed by atoms with E-state index in [9.17, 15) is 0 Å². The number of nitrogens with one attached hydrogen (secondary N) is 1. The van der Waals surface area contributed by atoms with Crippen LogP contribution in [0.25, 0.3) is 0 Å². The fraction of sp³-hybridized carbons (Fsp3) is 0.615. The minimum Gasteiger partial charge on any atom is -0.506 e. The third-order valence-electron chi connectivity index (χ3n) is 3.47. The van der Waals surface area contributed by atoms with Crippen LogP contribution in [0.3, 0.4) is 0 Å². The molecule has 0 spiro atoms. The van der Waals surface area contributed by atoms with E-state index >= 15 is 0 Å². The van der Waals surface area contributed by atoms with Crippen molar-refractivity contribution in [2.24, 2.45) is 5.92 Å². The van der Waals surface area contributed by atoms with Gasteiger partial charge in [0.2, 0.25) is 0 Å². The predicted octanol–water partition coefficient (Wildman–Crippen LogP) is 2.46. The third-order valence-corrected chi connectivity index (χ3v) is 3.47. The van der Waals surface area contributed by atoms with Crippen molar-refractivity contribution in [2.45, 2.75) is 45.2 Å². The molecule has 2 N–H and O–H groups in total. The highest BCUT2D eigenvalue weighted by Crippen LogP contribution is 2.23. The van der Waals surface area contributed by atoms with Gasteiger partial charge in [0.05, 0.1) is 11.9 Å². The Morgan fingerprint density at radius 2 is 2.19 bits per heavy atom. The summed E-state index contributed by atoms with van der Waals surface area (Å²) in [6, 6.07) is 4.19. The van der Waals surface area contributed by atoms with Crippen molar-refractivity contribution in [1.29, 1.82) is 0 Å². The summed E-state index contributed by atoms with van der Waals surface area (Å²) < 4.78 is 0. The van der Waals surface area contributed by atoms with E-state index in [1.165, 1.54) is 31.9 Å². The molecule has 1 aliphatic carbocycles. The van der Waals surface area contributed by atoms with Gasteiger partial charge in [0, 0.05) is 12.6 Å². The molecule has 1 aromatic heterocycles. The second-order valence-electron chi connectivity index (χ2n) is 4.76. The summed E-state index contributed by atoms with van der Waals surface area (Å²) in [5, 5.41) is 12.7. The van der Waals surface area contributed by atoms with Crippen LogP contribution in [0, 0.1) is 5.92 Å². The summed E-state index contributed by atoms with van der Waals surface area (Å²) in [5.74, 6) is 1.00. The zero-order chi connectivity index (χ0) is 11.4. The van der Waals surface area contributed by atoms with Gasteiger partial charge in [-0.05, 0) is 30.9 Å². The first-order valence-corrected chi connectivity index (χ1v) is 6.13. The van der Waals surface area contributed by atoms with Gasteiger partial charge >= 0.3 is 0 Å². The zero-order valence-electron chi connectivity index (χ0n) is 9.82. The Bertz CT molecular complexity index is 323. The van der Waals surface area contributed by atoms with Crippen molar-refractivity contribution in [3.05, 3.63) is 24.0 Å². The molecule has 3 heteroatoms. The number of nitrogens with zero attached hydrogens (tertiary/aromatic N) is 1. The molecule has 2 unspecified atom stereocenters. The molecule has 1 saturated carbocycles. The van der Waals surface area contributed by atoms with Crippen molar-refractivity contribution in [1.82, 2.24) is 10.3 Å². The summed E-state index contributed by atoms with van der Waals surface area (Å²) in [4.78, 5) is 4.18. The van der Waals surface area contributed by atoms with Crippen LogP contribution in [-0.4, -0.2) is 16.1 Å². The summed E-state index contributed by atoms with van der Waals surface area (Å²) in [5.41, 5.74) is 0.996. The largest absolute Gasteiger partial charge is 0.506 e. The van der Waals surface area contributed by atoms with Crippen LogP contribution in [0.2, 0.25) is 0 Å². The number of aromatic nitrogens is 1. The molecular weight excluding hydrogens is 200 g/mol. The average molecular weight is 220 g/mol. The van der Waals surface area contributed by atoms with Gasteiger partial charge in [0.1, 0.15) is 5.75 Å². The fourth-order valence-corrected chi connectivity index (χ4v) is 2.38. The van der Waals surface area contributed by atoms with Crippen LogP contribution in [0.15, 0.2) is 18.3 Å². The van der Waals surface area contributed by atoms with Crippen LogP contribution in [-0.2, 0) is 6.54 Å². The molecule has 1 aromatic rings. The molecule has 88 valence electrons. The molecule has 0 aromatic carbocycles. The Kier molecular flexibility index (Phi) is 3.78. The number of hydrogen-bond acceptors (Lipinski definition) is 3. The van der Waals surface area contributed by atoms with E-state index in [0.717, 1.165) is 18.2 Å². The molecule has 1 fully saturated rings. The lowest BCUT2D eigenvalue weighted by molar-refractivity contribution is 0.278. The van der Waals surface area contributed by atoms with Gasteiger partial charge in [0.15, 0.2) is 0 Å². The Morgan fingerprint density at radius 3 is 2.88 bits per heavy atom. The minimum atomic E-state index is 0.231. The summed E-state index contributed by atoms with van der Waals surface area (Å²) in [6.45, 7) is 3.12. The Balaban J connectivity index is 1.84. The molecule has 0 aliphatic heterocycles. The van der Waals surface area contributed by atoms with Gasteiger partial charge in [0.25, 0.3) is 0 Å². The van der Waals surface area contributed by atoms with E-state index in [0.29, 0.717) is 6.04 Å². The van der Waals surface area contributed by atoms with E-state index in [4.69, 9.17) is 5.11 Å². The molecule has 1 aliphatic rings. The molecule has 16 heavy (non-hydrogen) atoms. The first-order chi connectivity index (χ1) is 7.75. The van der Waals surface area contributed by atoms with Crippen molar-refractivity contribution in [3.63, 3.8) is 0 Å². The van der Waals surface area contributed by atoms with E-state index < -0.39 is 0 Å². The van der Waals surface area contributed by atoms with Gasteiger partial charge in [-0.3, -0.25) is 4.98 Å².